The van der Waals surface area contributed by atoms with E-state index in [2.05, 4.69) is 162 Å². The van der Waals surface area contributed by atoms with Gasteiger partial charge in [0.05, 0.1) is 16.6 Å². The minimum atomic E-state index is 0.924. The van der Waals surface area contributed by atoms with E-state index in [-0.39, 0.29) is 0 Å². The lowest BCUT2D eigenvalue weighted by Crippen LogP contribution is -1.99. The first-order chi connectivity index (χ1) is 25.7. The van der Waals surface area contributed by atoms with Crippen molar-refractivity contribution in [2.24, 2.45) is 0 Å². The standard InChI is InChI=1S/C50H31NO/c1-3-9-30(10-4-1)32-15-17-34-23-41-44-26-39(36-19-20-49-43(25-36)40-13-7-8-14-48(40)52-49)27-45-42-24-35-18-16-33(31-11-5-2-6-12-31)22-38(35)29-47(42)51(50(44)45)46(41)28-37(34)21-32/h1-15,17,19-29H,16,18H2. The first kappa shape index (κ1) is 28.1. The fourth-order valence-electron chi connectivity index (χ4n) is 9.04. The van der Waals surface area contributed by atoms with Crippen LogP contribution in [0.15, 0.2) is 162 Å². The van der Waals surface area contributed by atoms with E-state index in [1.807, 2.05) is 6.07 Å². The highest BCUT2D eigenvalue weighted by Crippen LogP contribution is 2.45. The molecule has 1 aliphatic carbocycles. The maximum absolute atomic E-state index is 6.22. The van der Waals surface area contributed by atoms with Gasteiger partial charge in [-0.2, -0.15) is 0 Å². The summed E-state index contributed by atoms with van der Waals surface area (Å²) in [5.41, 5.74) is 16.1. The van der Waals surface area contributed by atoms with E-state index in [0.29, 0.717) is 0 Å². The lowest BCUT2D eigenvalue weighted by molar-refractivity contribution is 0.669. The molecule has 12 rings (SSSR count). The first-order valence-corrected chi connectivity index (χ1v) is 18.2. The molecule has 0 atom stereocenters. The van der Waals surface area contributed by atoms with Crippen LogP contribution in [-0.2, 0) is 6.42 Å². The van der Waals surface area contributed by atoms with Crippen LogP contribution in [0.4, 0.5) is 0 Å². The highest BCUT2D eigenvalue weighted by Gasteiger charge is 2.22. The number of hydrogen-bond donors (Lipinski definition) is 0. The summed E-state index contributed by atoms with van der Waals surface area (Å²) in [6.45, 7) is 0. The zero-order chi connectivity index (χ0) is 33.9. The van der Waals surface area contributed by atoms with Gasteiger partial charge in [0.25, 0.3) is 0 Å². The molecule has 0 spiro atoms. The van der Waals surface area contributed by atoms with E-state index in [1.165, 1.54) is 93.4 Å². The van der Waals surface area contributed by atoms with Crippen LogP contribution in [0.3, 0.4) is 0 Å². The number of aryl methyl sites for hydroxylation is 1. The molecule has 8 aromatic carbocycles. The lowest BCUT2D eigenvalue weighted by atomic mass is 9.87. The predicted octanol–water partition coefficient (Wildman–Crippen LogP) is 13.7. The lowest BCUT2D eigenvalue weighted by Gasteiger charge is -2.17. The molecule has 0 fully saturated rings. The van der Waals surface area contributed by atoms with Crippen molar-refractivity contribution in [2.45, 2.75) is 12.8 Å². The van der Waals surface area contributed by atoms with Crippen molar-refractivity contribution in [1.82, 2.24) is 4.40 Å². The molecule has 0 radical (unpaired) electrons. The Kier molecular flexibility index (Phi) is 5.64. The molecule has 242 valence electrons. The molecule has 0 N–H and O–H groups in total. The fourth-order valence-corrected chi connectivity index (χ4v) is 9.04. The van der Waals surface area contributed by atoms with Gasteiger partial charge in [-0.1, -0.05) is 103 Å². The van der Waals surface area contributed by atoms with E-state index < -0.39 is 0 Å². The van der Waals surface area contributed by atoms with Crippen LogP contribution in [-0.4, -0.2) is 4.40 Å². The number of fused-ring (bicyclic) bond motifs is 11. The van der Waals surface area contributed by atoms with Crippen LogP contribution >= 0.6 is 0 Å². The second-order valence-corrected chi connectivity index (χ2v) is 14.5. The number of nitrogens with zero attached hydrogens (tertiary/aromatic N) is 1. The van der Waals surface area contributed by atoms with Crippen molar-refractivity contribution in [3.05, 3.63) is 174 Å². The quantitative estimate of drug-likeness (QED) is 0.184. The second kappa shape index (κ2) is 10.4. The van der Waals surface area contributed by atoms with Crippen molar-refractivity contribution in [1.29, 1.82) is 0 Å². The van der Waals surface area contributed by atoms with E-state index in [4.69, 9.17) is 4.42 Å². The highest BCUT2D eigenvalue weighted by atomic mass is 16.3. The minimum Gasteiger partial charge on any atom is -0.456 e. The fraction of sp³-hybridized carbons (Fsp3) is 0.0400. The molecule has 2 nitrogen and oxygen atoms in total. The normalized spacial score (nSPS) is 13.3. The van der Waals surface area contributed by atoms with Crippen LogP contribution in [0.1, 0.15) is 23.1 Å². The van der Waals surface area contributed by atoms with E-state index in [9.17, 15) is 0 Å². The Hall–Kier alpha value is -6.64. The van der Waals surface area contributed by atoms with E-state index in [1.54, 1.807) is 0 Å². The average molecular weight is 662 g/mol. The highest BCUT2D eigenvalue weighted by molar-refractivity contribution is 6.26. The van der Waals surface area contributed by atoms with E-state index in [0.717, 1.165) is 34.8 Å². The Morgan fingerprint density at radius 1 is 0.404 bits per heavy atom. The third-order valence-corrected chi connectivity index (χ3v) is 11.6. The predicted molar refractivity (Wildman–Crippen MR) is 219 cm³/mol. The van der Waals surface area contributed by atoms with Gasteiger partial charge in [0.15, 0.2) is 0 Å². The van der Waals surface area contributed by atoms with Gasteiger partial charge in [0, 0.05) is 32.3 Å². The van der Waals surface area contributed by atoms with Gasteiger partial charge in [-0.05, 0) is 129 Å². The molecular weight excluding hydrogens is 631 g/mol. The van der Waals surface area contributed by atoms with Crippen LogP contribution < -0.4 is 0 Å². The summed E-state index contributed by atoms with van der Waals surface area (Å²) in [6, 6.07) is 58.1. The van der Waals surface area contributed by atoms with Crippen LogP contribution in [0.25, 0.3) is 105 Å². The van der Waals surface area contributed by atoms with Crippen LogP contribution in [0, 0.1) is 0 Å². The number of furan rings is 1. The van der Waals surface area contributed by atoms with Gasteiger partial charge < -0.3 is 8.82 Å². The van der Waals surface area contributed by atoms with Gasteiger partial charge >= 0.3 is 0 Å². The molecule has 11 aromatic rings. The van der Waals surface area contributed by atoms with Gasteiger partial charge in [0.2, 0.25) is 0 Å². The Labute approximate surface area is 299 Å². The second-order valence-electron chi connectivity index (χ2n) is 14.5. The molecule has 0 bridgehead atoms. The number of hydrogen-bond acceptors (Lipinski definition) is 1. The summed E-state index contributed by atoms with van der Waals surface area (Å²) in [5.74, 6) is 0. The molecule has 0 saturated carbocycles. The third kappa shape index (κ3) is 4.01. The summed E-state index contributed by atoms with van der Waals surface area (Å²) in [7, 11) is 0. The summed E-state index contributed by atoms with van der Waals surface area (Å²) in [4.78, 5) is 0. The van der Waals surface area contributed by atoms with Crippen LogP contribution in [0.5, 0.6) is 0 Å². The van der Waals surface area contributed by atoms with Gasteiger partial charge in [-0.15, -0.1) is 0 Å². The molecule has 0 amide bonds. The maximum Gasteiger partial charge on any atom is 0.135 e. The molecule has 52 heavy (non-hydrogen) atoms. The van der Waals surface area contributed by atoms with Gasteiger partial charge in [-0.25, -0.2) is 0 Å². The monoisotopic (exact) mass is 661 g/mol. The molecule has 0 unspecified atom stereocenters. The van der Waals surface area contributed by atoms with Gasteiger partial charge in [0.1, 0.15) is 11.2 Å². The topological polar surface area (TPSA) is 17.6 Å². The number of rotatable bonds is 3. The zero-order valence-corrected chi connectivity index (χ0v) is 28.4. The van der Waals surface area contributed by atoms with Crippen molar-refractivity contribution in [2.75, 3.05) is 0 Å². The van der Waals surface area contributed by atoms with Crippen molar-refractivity contribution < 1.29 is 4.42 Å². The number of para-hydroxylation sites is 1. The maximum atomic E-state index is 6.22. The van der Waals surface area contributed by atoms with Crippen molar-refractivity contribution >= 4 is 82.5 Å². The minimum absolute atomic E-state index is 0.924. The Morgan fingerprint density at radius 3 is 1.92 bits per heavy atom. The van der Waals surface area contributed by atoms with Crippen molar-refractivity contribution in [3.63, 3.8) is 0 Å². The number of aromatic nitrogens is 1. The Balaban J connectivity index is 1.16. The Morgan fingerprint density at radius 2 is 1.08 bits per heavy atom. The zero-order valence-electron chi connectivity index (χ0n) is 28.4. The molecule has 0 saturated heterocycles. The Bertz CT molecular complexity index is 3270. The third-order valence-electron chi connectivity index (χ3n) is 11.6. The van der Waals surface area contributed by atoms with Crippen LogP contribution in [0.2, 0.25) is 0 Å². The summed E-state index contributed by atoms with van der Waals surface area (Å²) < 4.78 is 8.76. The molecule has 3 heterocycles. The first-order valence-electron chi connectivity index (χ1n) is 18.2. The largest absolute Gasteiger partial charge is 0.456 e. The van der Waals surface area contributed by atoms with Crippen molar-refractivity contribution in [3.8, 4) is 22.3 Å². The summed E-state index contributed by atoms with van der Waals surface area (Å²) in [6.07, 6.45) is 4.52. The average Bonchev–Trinajstić information content (AvgIpc) is 3.85. The summed E-state index contributed by atoms with van der Waals surface area (Å²) >= 11 is 0. The number of benzene rings is 8. The molecule has 0 aliphatic heterocycles. The molecule has 2 heteroatoms. The van der Waals surface area contributed by atoms with Gasteiger partial charge in [-0.3, -0.25) is 0 Å². The van der Waals surface area contributed by atoms with E-state index >= 15 is 0 Å². The molecular formula is C50H31NO. The molecule has 1 aliphatic rings. The molecule has 3 aromatic heterocycles. The number of allylic oxidation sites excluding steroid dienone is 1. The summed E-state index contributed by atoms with van der Waals surface area (Å²) in [5, 5.41) is 10.0. The smallest absolute Gasteiger partial charge is 0.135 e. The SMILES string of the molecule is C1=C(c2ccccc2)CCc2cc3c4cc(-c5ccc6oc7ccccc7c6c5)cc5c6cc7ccc(-c8ccccc8)cc7cc6n(c3cc21)c45.